The number of hydrogen-bond donors (Lipinski definition) is 2. The summed E-state index contributed by atoms with van der Waals surface area (Å²) in [4.78, 5) is 0.200. The number of sulfonamides is 1. The summed E-state index contributed by atoms with van der Waals surface area (Å²) in [6, 6.07) is 9.84. The van der Waals surface area contributed by atoms with Gasteiger partial charge in [-0.15, -0.1) is 0 Å². The molecular formula is C16H20N2O4S. The quantitative estimate of drug-likeness (QED) is 0.818. The Hall–Kier alpha value is -1.67. The van der Waals surface area contributed by atoms with E-state index in [0.717, 1.165) is 10.8 Å². The fraction of sp³-hybridized carbons (Fsp3) is 0.375. The van der Waals surface area contributed by atoms with E-state index in [1.54, 1.807) is 37.4 Å². The highest BCUT2D eigenvalue weighted by molar-refractivity contribution is 7.89. The molecule has 1 aliphatic heterocycles. The lowest BCUT2D eigenvalue weighted by molar-refractivity contribution is 0.113. The standard InChI is InChI=1S/C16H20N2O4S/c1-22-13-8-12(10-19)18(9-13)23(20,21)14-5-6-15-11(7-14)3-2-4-16(15)17/h2-7,12-13,19H,8-10,17H2,1H3/t12-,13-/m0/s1. The molecule has 0 aromatic heterocycles. The second-order valence-electron chi connectivity index (χ2n) is 5.73. The van der Waals surface area contributed by atoms with E-state index in [1.165, 1.54) is 4.31 Å². The van der Waals surface area contributed by atoms with Gasteiger partial charge in [0.2, 0.25) is 10.0 Å². The first-order valence-electron chi connectivity index (χ1n) is 7.41. The van der Waals surface area contributed by atoms with Gasteiger partial charge in [-0.25, -0.2) is 8.42 Å². The van der Waals surface area contributed by atoms with Crippen LogP contribution >= 0.6 is 0 Å². The lowest BCUT2D eigenvalue weighted by Crippen LogP contribution is -2.38. The van der Waals surface area contributed by atoms with Crippen molar-refractivity contribution in [2.24, 2.45) is 0 Å². The van der Waals surface area contributed by atoms with Crippen molar-refractivity contribution in [1.29, 1.82) is 0 Å². The molecule has 2 atom stereocenters. The highest BCUT2D eigenvalue weighted by atomic mass is 32.2. The van der Waals surface area contributed by atoms with Crippen LogP contribution in [0, 0.1) is 0 Å². The van der Waals surface area contributed by atoms with Gasteiger partial charge in [-0.3, -0.25) is 0 Å². The second-order valence-corrected chi connectivity index (χ2v) is 7.63. The predicted molar refractivity (Wildman–Crippen MR) is 88.5 cm³/mol. The van der Waals surface area contributed by atoms with Gasteiger partial charge in [-0.05, 0) is 30.0 Å². The normalized spacial score (nSPS) is 22.7. The van der Waals surface area contributed by atoms with Crippen molar-refractivity contribution in [3.05, 3.63) is 36.4 Å². The molecule has 2 aromatic carbocycles. The van der Waals surface area contributed by atoms with Crippen LogP contribution in [0.1, 0.15) is 6.42 Å². The maximum Gasteiger partial charge on any atom is 0.243 e. The average molecular weight is 336 g/mol. The van der Waals surface area contributed by atoms with Crippen molar-refractivity contribution >= 4 is 26.5 Å². The van der Waals surface area contributed by atoms with Crippen LogP contribution in [0.25, 0.3) is 10.8 Å². The van der Waals surface area contributed by atoms with Gasteiger partial charge in [0, 0.05) is 24.7 Å². The second kappa shape index (κ2) is 6.09. The number of ether oxygens (including phenoxy) is 1. The van der Waals surface area contributed by atoms with Crippen LogP contribution in [-0.4, -0.2) is 50.2 Å². The first-order chi connectivity index (χ1) is 11.0. The maximum absolute atomic E-state index is 12.9. The summed E-state index contributed by atoms with van der Waals surface area (Å²) in [6.07, 6.45) is 0.297. The van der Waals surface area contributed by atoms with Crippen molar-refractivity contribution in [3.8, 4) is 0 Å². The summed E-state index contributed by atoms with van der Waals surface area (Å²) < 4.78 is 32.4. The Kier molecular flexibility index (Phi) is 4.29. The van der Waals surface area contributed by atoms with Gasteiger partial charge in [0.05, 0.1) is 23.6 Å². The first kappa shape index (κ1) is 16.2. The van der Waals surface area contributed by atoms with Gasteiger partial charge in [0.25, 0.3) is 0 Å². The van der Waals surface area contributed by atoms with Crippen LogP contribution in [0.15, 0.2) is 41.3 Å². The molecule has 0 radical (unpaired) electrons. The van der Waals surface area contributed by atoms with E-state index < -0.39 is 16.1 Å². The highest BCUT2D eigenvalue weighted by Gasteiger charge is 2.40. The Morgan fingerprint density at radius 2 is 2.13 bits per heavy atom. The van der Waals surface area contributed by atoms with Gasteiger partial charge in [0.1, 0.15) is 0 Å². The molecule has 0 bridgehead atoms. The number of aliphatic hydroxyl groups excluding tert-OH is 1. The fourth-order valence-corrected chi connectivity index (χ4v) is 4.75. The number of nitrogen functional groups attached to an aromatic ring is 1. The Labute approximate surface area is 135 Å². The van der Waals surface area contributed by atoms with Crippen molar-refractivity contribution in [2.45, 2.75) is 23.5 Å². The Bertz CT molecular complexity index is 822. The molecule has 124 valence electrons. The molecule has 23 heavy (non-hydrogen) atoms. The molecular weight excluding hydrogens is 316 g/mol. The number of hydrogen-bond acceptors (Lipinski definition) is 5. The number of benzene rings is 2. The minimum atomic E-state index is -3.69. The third-order valence-electron chi connectivity index (χ3n) is 4.36. The summed E-state index contributed by atoms with van der Waals surface area (Å²) >= 11 is 0. The van der Waals surface area contributed by atoms with Gasteiger partial charge < -0.3 is 15.6 Å². The van der Waals surface area contributed by atoms with E-state index in [-0.39, 0.29) is 24.2 Å². The molecule has 0 unspecified atom stereocenters. The molecule has 0 saturated carbocycles. The van der Waals surface area contributed by atoms with E-state index in [9.17, 15) is 13.5 Å². The minimum Gasteiger partial charge on any atom is -0.398 e. The van der Waals surface area contributed by atoms with E-state index in [4.69, 9.17) is 10.5 Å². The summed E-state index contributed by atoms with van der Waals surface area (Å²) in [5, 5.41) is 11.1. The smallest absolute Gasteiger partial charge is 0.243 e. The summed E-state index contributed by atoms with van der Waals surface area (Å²) in [6.45, 7) is 0.0264. The molecule has 0 aliphatic carbocycles. The number of anilines is 1. The third-order valence-corrected chi connectivity index (χ3v) is 6.28. The van der Waals surface area contributed by atoms with Crippen LogP contribution in [0.3, 0.4) is 0 Å². The van der Waals surface area contributed by atoms with Crippen molar-refractivity contribution in [2.75, 3.05) is 26.0 Å². The molecule has 2 aromatic rings. The molecule has 1 aliphatic rings. The van der Waals surface area contributed by atoms with E-state index >= 15 is 0 Å². The van der Waals surface area contributed by atoms with Crippen LogP contribution < -0.4 is 5.73 Å². The number of nitrogens with two attached hydrogens (primary N) is 1. The number of methoxy groups -OCH3 is 1. The van der Waals surface area contributed by atoms with Crippen LogP contribution in [0.5, 0.6) is 0 Å². The molecule has 0 spiro atoms. The summed E-state index contributed by atoms with van der Waals surface area (Å²) in [5.41, 5.74) is 6.52. The lowest BCUT2D eigenvalue weighted by atomic mass is 10.1. The third kappa shape index (κ3) is 2.81. The number of nitrogens with zero attached hydrogens (tertiary/aromatic N) is 1. The van der Waals surface area contributed by atoms with Crippen LogP contribution in [0.4, 0.5) is 5.69 Å². The monoisotopic (exact) mass is 336 g/mol. The van der Waals surface area contributed by atoms with Crippen molar-refractivity contribution in [1.82, 2.24) is 4.31 Å². The largest absolute Gasteiger partial charge is 0.398 e. The van der Waals surface area contributed by atoms with E-state index in [0.29, 0.717) is 12.1 Å². The van der Waals surface area contributed by atoms with Crippen molar-refractivity contribution < 1.29 is 18.3 Å². The number of rotatable bonds is 4. The van der Waals surface area contributed by atoms with Gasteiger partial charge in [0.15, 0.2) is 0 Å². The van der Waals surface area contributed by atoms with E-state index in [2.05, 4.69) is 0 Å². The number of fused-ring (bicyclic) bond motifs is 1. The Morgan fingerprint density at radius 3 is 2.83 bits per heavy atom. The minimum absolute atomic E-state index is 0.196. The zero-order valence-electron chi connectivity index (χ0n) is 12.8. The maximum atomic E-state index is 12.9. The van der Waals surface area contributed by atoms with Crippen LogP contribution in [0.2, 0.25) is 0 Å². The zero-order chi connectivity index (χ0) is 16.6. The van der Waals surface area contributed by atoms with Crippen LogP contribution in [-0.2, 0) is 14.8 Å². The summed E-state index contributed by atoms with van der Waals surface area (Å²) in [7, 11) is -2.15. The average Bonchev–Trinajstić information content (AvgIpc) is 2.99. The molecule has 7 heteroatoms. The highest BCUT2D eigenvalue weighted by Crippen LogP contribution is 2.30. The topological polar surface area (TPSA) is 92.9 Å². The zero-order valence-corrected chi connectivity index (χ0v) is 13.7. The SMILES string of the molecule is CO[C@H]1C[C@@H](CO)N(S(=O)(=O)c2ccc3c(N)cccc3c2)C1. The molecule has 3 rings (SSSR count). The molecule has 1 heterocycles. The lowest BCUT2D eigenvalue weighted by Gasteiger charge is -2.22. The fourth-order valence-electron chi connectivity index (χ4n) is 3.06. The summed E-state index contributed by atoms with van der Waals surface area (Å²) in [5.74, 6) is 0. The molecule has 1 fully saturated rings. The molecule has 3 N–H and O–H groups in total. The molecule has 1 saturated heterocycles. The van der Waals surface area contributed by atoms with E-state index in [1.807, 2.05) is 6.07 Å². The van der Waals surface area contributed by atoms with Gasteiger partial charge >= 0.3 is 0 Å². The van der Waals surface area contributed by atoms with Gasteiger partial charge in [-0.1, -0.05) is 18.2 Å². The predicted octanol–water partition coefficient (Wildman–Crippen LogP) is 1.19. The Balaban J connectivity index is 2.02. The number of aliphatic hydroxyl groups is 1. The van der Waals surface area contributed by atoms with Gasteiger partial charge in [-0.2, -0.15) is 4.31 Å². The van der Waals surface area contributed by atoms with Crippen molar-refractivity contribution in [3.63, 3.8) is 0 Å². The molecule has 0 amide bonds. The first-order valence-corrected chi connectivity index (χ1v) is 8.85. The molecule has 6 nitrogen and oxygen atoms in total. The Morgan fingerprint density at radius 1 is 1.35 bits per heavy atom.